The van der Waals surface area contributed by atoms with Crippen molar-refractivity contribution in [2.45, 2.75) is 75.2 Å². The van der Waals surface area contributed by atoms with Gasteiger partial charge in [-0.2, -0.15) is 0 Å². The summed E-state index contributed by atoms with van der Waals surface area (Å²) in [7, 11) is 0. The zero-order valence-corrected chi connectivity index (χ0v) is 22.8. The van der Waals surface area contributed by atoms with E-state index in [9.17, 15) is 9.50 Å². The zero-order chi connectivity index (χ0) is 26.6. The van der Waals surface area contributed by atoms with Crippen LogP contribution in [0.2, 0.25) is 0 Å². The number of aliphatic hydroxyl groups excluding tert-OH is 1. The summed E-state index contributed by atoms with van der Waals surface area (Å²) < 4.78 is 29.0. The second-order valence-electron chi connectivity index (χ2n) is 13.1. The highest BCUT2D eigenvalue weighted by Crippen LogP contribution is 2.73. The summed E-state index contributed by atoms with van der Waals surface area (Å²) in [5, 5.41) is 15.6. The van der Waals surface area contributed by atoms with Gasteiger partial charge in [-0.15, -0.1) is 0 Å². The number of aromatic nitrogens is 1. The Balaban J connectivity index is 1.24. The van der Waals surface area contributed by atoms with Crippen LogP contribution in [0.3, 0.4) is 0 Å². The number of fused-ring (bicyclic) bond motifs is 8. The van der Waals surface area contributed by atoms with Crippen molar-refractivity contribution < 1.29 is 13.9 Å². The zero-order valence-electron chi connectivity index (χ0n) is 22.8. The van der Waals surface area contributed by atoms with Crippen molar-refractivity contribution in [3.05, 3.63) is 64.6 Å². The highest BCUT2D eigenvalue weighted by Gasteiger charge is 2.71. The van der Waals surface area contributed by atoms with Gasteiger partial charge in [-0.05, 0) is 80.7 Å². The van der Waals surface area contributed by atoms with E-state index in [2.05, 4.69) is 57.4 Å². The van der Waals surface area contributed by atoms with Gasteiger partial charge >= 0.3 is 0 Å². The first-order valence-electron chi connectivity index (χ1n) is 14.8. The molecule has 7 heteroatoms. The average Bonchev–Trinajstić information content (AvgIpc) is 3.54. The van der Waals surface area contributed by atoms with Gasteiger partial charge in [0.1, 0.15) is 5.82 Å². The molecule has 2 bridgehead atoms. The van der Waals surface area contributed by atoms with Crippen LogP contribution in [0.5, 0.6) is 0 Å². The molecule has 0 amide bonds. The summed E-state index contributed by atoms with van der Waals surface area (Å²) in [6.45, 7) is 6.48. The van der Waals surface area contributed by atoms with Gasteiger partial charge in [0.05, 0.1) is 24.9 Å². The van der Waals surface area contributed by atoms with Crippen molar-refractivity contribution in [2.75, 3.05) is 31.6 Å². The molecule has 6 aliphatic rings. The molecule has 3 aliphatic heterocycles. The van der Waals surface area contributed by atoms with Gasteiger partial charge in [0.2, 0.25) is 0 Å². The van der Waals surface area contributed by atoms with Gasteiger partial charge in [-0.1, -0.05) is 18.2 Å². The molecule has 4 fully saturated rings. The molecular weight excluding hydrogens is 494 g/mol. The summed E-state index contributed by atoms with van der Waals surface area (Å²) in [5.41, 5.74) is 6.38. The number of likely N-dealkylation sites (tertiary alicyclic amines) is 1. The summed E-state index contributed by atoms with van der Waals surface area (Å²) in [5.74, 6) is 0.742. The topological polar surface area (TPSA) is 54.5 Å². The Morgan fingerprint density at radius 2 is 2.03 bits per heavy atom. The molecule has 0 radical (unpaired) electrons. The number of rotatable bonds is 6. The molecule has 9 rings (SSSR count). The molecule has 1 saturated heterocycles. The predicted molar refractivity (Wildman–Crippen MR) is 149 cm³/mol. The van der Waals surface area contributed by atoms with E-state index in [-0.39, 0.29) is 54.1 Å². The van der Waals surface area contributed by atoms with Crippen LogP contribution in [0.15, 0.2) is 36.4 Å². The number of aliphatic hydroxyl groups is 1. The van der Waals surface area contributed by atoms with Crippen LogP contribution in [0.1, 0.15) is 67.5 Å². The molecular formula is C32H38F2N4O. The number of halogens is 2. The summed E-state index contributed by atoms with van der Waals surface area (Å²) in [4.78, 5) is 8.64. The van der Waals surface area contributed by atoms with Crippen molar-refractivity contribution >= 4 is 16.6 Å². The molecule has 3 saturated carbocycles. The minimum absolute atomic E-state index is 0.0386. The normalized spacial score (nSPS) is 34.0. The van der Waals surface area contributed by atoms with Gasteiger partial charge in [0.15, 0.2) is 0 Å². The molecule has 39 heavy (non-hydrogen) atoms. The van der Waals surface area contributed by atoms with E-state index in [4.69, 9.17) is 0 Å². The van der Waals surface area contributed by atoms with E-state index >= 15 is 4.39 Å². The van der Waals surface area contributed by atoms with E-state index in [0.29, 0.717) is 12.3 Å². The Labute approximate surface area is 228 Å². The number of benzene rings is 2. The fourth-order valence-corrected chi connectivity index (χ4v) is 9.55. The maximum Gasteiger partial charge on any atom is 0.130 e. The minimum atomic E-state index is -0.359. The summed E-state index contributed by atoms with van der Waals surface area (Å²) in [6.07, 6.45) is 3.21. The van der Waals surface area contributed by atoms with Gasteiger partial charge < -0.3 is 15.4 Å². The SMILES string of the molecule is C[C@H](O)C1CC23CC1C2c1cc(NC2CN(CCCF)C2)cc(F)c1[C@@H]1c2[nH]c4ccccc4c2C[C@@H](C)N13. The van der Waals surface area contributed by atoms with Gasteiger partial charge in [0.25, 0.3) is 0 Å². The van der Waals surface area contributed by atoms with Crippen LogP contribution in [0, 0.1) is 17.7 Å². The monoisotopic (exact) mass is 532 g/mol. The van der Waals surface area contributed by atoms with Crippen LogP contribution in [-0.2, 0) is 6.42 Å². The van der Waals surface area contributed by atoms with E-state index in [1.165, 1.54) is 10.9 Å². The third kappa shape index (κ3) is 3.27. The van der Waals surface area contributed by atoms with Crippen LogP contribution in [-0.4, -0.2) is 69.9 Å². The maximum absolute atomic E-state index is 16.5. The third-order valence-corrected chi connectivity index (χ3v) is 10.9. The van der Waals surface area contributed by atoms with Gasteiger partial charge in [-0.25, -0.2) is 4.39 Å². The molecule has 206 valence electrons. The number of alkyl halides is 1. The number of anilines is 1. The second kappa shape index (κ2) is 8.51. The first-order chi connectivity index (χ1) is 18.9. The molecule has 1 aromatic heterocycles. The van der Waals surface area contributed by atoms with E-state index in [0.717, 1.165) is 66.9 Å². The second-order valence-corrected chi connectivity index (χ2v) is 13.1. The van der Waals surface area contributed by atoms with E-state index in [1.807, 2.05) is 6.92 Å². The Morgan fingerprint density at radius 3 is 2.82 bits per heavy atom. The lowest BCUT2D eigenvalue weighted by molar-refractivity contribution is -0.0702. The number of H-pyrrole nitrogens is 1. The number of hydrogen-bond acceptors (Lipinski definition) is 4. The maximum atomic E-state index is 16.5. The fourth-order valence-electron chi connectivity index (χ4n) is 9.55. The first kappa shape index (κ1) is 24.3. The number of nitrogens with zero attached hydrogens (tertiary/aromatic N) is 2. The lowest BCUT2D eigenvalue weighted by Gasteiger charge is -2.63. The Hall–Kier alpha value is -2.48. The van der Waals surface area contributed by atoms with Crippen molar-refractivity contribution in [2.24, 2.45) is 11.8 Å². The quantitative estimate of drug-likeness (QED) is 0.400. The smallest absolute Gasteiger partial charge is 0.130 e. The standard InChI is InChI=1S/C32H38F2N4O/c1-17-10-22-21-6-3-4-7-27(21)36-30(22)31-28-23(29-25-14-32(29,38(17)31)13-24(25)18(2)39)11-19(12-26(28)34)35-20-15-37(16-20)9-5-8-33/h3-4,6-7,11-12,17-18,20,24-25,29,31,35-36,39H,5,8-10,13-16H2,1-2H3/t17-,18+,24?,25?,29?,31-,32?/m1/s1. The number of hydrogen-bond donors (Lipinski definition) is 3. The third-order valence-electron chi connectivity index (χ3n) is 10.9. The van der Waals surface area contributed by atoms with E-state index in [1.54, 1.807) is 6.07 Å². The van der Waals surface area contributed by atoms with Crippen LogP contribution in [0.4, 0.5) is 14.5 Å². The Kier molecular flexibility index (Phi) is 5.31. The summed E-state index contributed by atoms with van der Waals surface area (Å²) in [6, 6.07) is 12.8. The van der Waals surface area contributed by atoms with Gasteiger partial charge in [-0.3, -0.25) is 14.2 Å². The van der Waals surface area contributed by atoms with Crippen molar-refractivity contribution in [1.82, 2.24) is 14.8 Å². The molecule has 3 aromatic rings. The predicted octanol–water partition coefficient (Wildman–Crippen LogP) is 5.36. The van der Waals surface area contributed by atoms with E-state index < -0.39 is 0 Å². The summed E-state index contributed by atoms with van der Waals surface area (Å²) >= 11 is 0. The lowest BCUT2D eigenvalue weighted by atomic mass is 9.56. The highest BCUT2D eigenvalue weighted by atomic mass is 19.1. The molecule has 4 heterocycles. The van der Waals surface area contributed by atoms with Crippen LogP contribution >= 0.6 is 0 Å². The fraction of sp³-hybridized carbons (Fsp3) is 0.562. The molecule has 1 spiro atoms. The molecule has 2 aromatic carbocycles. The Morgan fingerprint density at radius 1 is 1.21 bits per heavy atom. The first-order valence-corrected chi connectivity index (χ1v) is 14.8. The number of para-hydroxylation sites is 1. The molecule has 4 unspecified atom stereocenters. The van der Waals surface area contributed by atoms with Crippen molar-refractivity contribution in [1.29, 1.82) is 0 Å². The average molecular weight is 533 g/mol. The van der Waals surface area contributed by atoms with Crippen LogP contribution in [0.25, 0.3) is 10.9 Å². The number of aromatic amines is 1. The van der Waals surface area contributed by atoms with Crippen molar-refractivity contribution in [3.8, 4) is 0 Å². The lowest BCUT2D eigenvalue weighted by Crippen LogP contribution is -2.66. The largest absolute Gasteiger partial charge is 0.393 e. The Bertz CT molecular complexity index is 1450. The number of nitrogens with one attached hydrogen (secondary N) is 2. The minimum Gasteiger partial charge on any atom is -0.393 e. The van der Waals surface area contributed by atoms with Crippen molar-refractivity contribution in [3.63, 3.8) is 0 Å². The molecule has 5 nitrogen and oxygen atoms in total. The molecule has 7 atom stereocenters. The van der Waals surface area contributed by atoms with Crippen LogP contribution < -0.4 is 5.32 Å². The highest BCUT2D eigenvalue weighted by molar-refractivity contribution is 5.85. The molecule has 3 aliphatic carbocycles. The van der Waals surface area contributed by atoms with Gasteiger partial charge in [0, 0.05) is 65.0 Å². The molecule has 3 N–H and O–H groups in total.